The monoisotopic (exact) mass is 196 g/mol. The Hall–Kier alpha value is -0.570. The summed E-state index contributed by atoms with van der Waals surface area (Å²) in [6.07, 6.45) is 6.98. The molecule has 0 spiro atoms. The third-order valence-corrected chi connectivity index (χ3v) is 3.57. The molecule has 2 fully saturated rings. The van der Waals surface area contributed by atoms with Gasteiger partial charge in [-0.15, -0.1) is 0 Å². The van der Waals surface area contributed by atoms with Gasteiger partial charge in [0.05, 0.1) is 0 Å². The van der Waals surface area contributed by atoms with Crippen LogP contribution in [0.1, 0.15) is 45.4 Å². The third kappa shape index (κ3) is 2.27. The van der Waals surface area contributed by atoms with Crippen LogP contribution >= 0.6 is 0 Å². The Kier molecular flexibility index (Phi) is 2.77. The van der Waals surface area contributed by atoms with Crippen LogP contribution in [0.25, 0.3) is 0 Å². The van der Waals surface area contributed by atoms with E-state index in [9.17, 15) is 4.79 Å². The molecule has 2 N–H and O–H groups in total. The van der Waals surface area contributed by atoms with E-state index in [4.69, 9.17) is 0 Å². The second kappa shape index (κ2) is 3.89. The number of rotatable bonds is 3. The van der Waals surface area contributed by atoms with Gasteiger partial charge in [0.25, 0.3) is 0 Å². The van der Waals surface area contributed by atoms with Gasteiger partial charge in [0.2, 0.25) is 5.91 Å². The predicted molar refractivity (Wildman–Crippen MR) is 56.0 cm³/mol. The lowest BCUT2D eigenvalue weighted by atomic mass is 10.0. The molecule has 1 aliphatic carbocycles. The molecule has 1 saturated carbocycles. The Balaban J connectivity index is 1.74. The topological polar surface area (TPSA) is 41.1 Å². The van der Waals surface area contributed by atoms with Crippen molar-refractivity contribution in [2.45, 2.75) is 57.0 Å². The van der Waals surface area contributed by atoms with Crippen molar-refractivity contribution < 1.29 is 4.79 Å². The zero-order valence-corrected chi connectivity index (χ0v) is 8.94. The summed E-state index contributed by atoms with van der Waals surface area (Å²) in [7, 11) is 0. The molecule has 3 heteroatoms. The largest absolute Gasteiger partial charge is 0.352 e. The van der Waals surface area contributed by atoms with E-state index in [0.717, 1.165) is 13.0 Å². The van der Waals surface area contributed by atoms with Crippen LogP contribution in [-0.2, 0) is 4.79 Å². The van der Waals surface area contributed by atoms with Gasteiger partial charge in [-0.3, -0.25) is 4.79 Å². The summed E-state index contributed by atoms with van der Waals surface area (Å²) in [5, 5.41) is 6.60. The maximum absolute atomic E-state index is 11.0. The van der Waals surface area contributed by atoms with Crippen molar-refractivity contribution in [3.63, 3.8) is 0 Å². The fourth-order valence-electron chi connectivity index (χ4n) is 2.53. The molecule has 0 aromatic heterocycles. The van der Waals surface area contributed by atoms with Gasteiger partial charge in [-0.25, -0.2) is 0 Å². The van der Waals surface area contributed by atoms with Gasteiger partial charge < -0.3 is 10.6 Å². The van der Waals surface area contributed by atoms with Gasteiger partial charge >= 0.3 is 0 Å². The van der Waals surface area contributed by atoms with Gasteiger partial charge in [0.15, 0.2) is 0 Å². The summed E-state index contributed by atoms with van der Waals surface area (Å²) < 4.78 is 0. The molecule has 1 saturated heterocycles. The van der Waals surface area contributed by atoms with Crippen LogP contribution in [0, 0.1) is 0 Å². The summed E-state index contributed by atoms with van der Waals surface area (Å²) in [6, 6.07) is 0.375. The number of hydrogen-bond donors (Lipinski definition) is 2. The number of amides is 1. The zero-order valence-electron chi connectivity index (χ0n) is 8.94. The minimum absolute atomic E-state index is 0.216. The van der Waals surface area contributed by atoms with Gasteiger partial charge in [0.1, 0.15) is 0 Å². The second-order valence-electron chi connectivity index (χ2n) is 4.95. The summed E-state index contributed by atoms with van der Waals surface area (Å²) >= 11 is 0. The van der Waals surface area contributed by atoms with Crippen LogP contribution in [0.2, 0.25) is 0 Å². The fourth-order valence-corrected chi connectivity index (χ4v) is 2.53. The van der Waals surface area contributed by atoms with E-state index < -0.39 is 0 Å². The van der Waals surface area contributed by atoms with E-state index in [1.54, 1.807) is 0 Å². The van der Waals surface area contributed by atoms with Crippen molar-refractivity contribution >= 4 is 5.91 Å². The highest BCUT2D eigenvalue weighted by molar-refractivity contribution is 5.78. The lowest BCUT2D eigenvalue weighted by Crippen LogP contribution is -2.46. The molecule has 2 aliphatic rings. The van der Waals surface area contributed by atoms with Crippen LogP contribution in [-0.4, -0.2) is 24.0 Å². The average molecular weight is 196 g/mol. The lowest BCUT2D eigenvalue weighted by Gasteiger charge is -2.27. The van der Waals surface area contributed by atoms with Gasteiger partial charge in [0, 0.05) is 24.5 Å². The Morgan fingerprint density at radius 2 is 2.21 bits per heavy atom. The van der Waals surface area contributed by atoms with E-state index in [1.807, 2.05) is 0 Å². The predicted octanol–water partition coefficient (Wildman–Crippen LogP) is 1.19. The van der Waals surface area contributed by atoms with Crippen molar-refractivity contribution in [3.05, 3.63) is 0 Å². The molecule has 1 amide bonds. The first-order valence-corrected chi connectivity index (χ1v) is 5.72. The number of carbonyl (C=O) groups excluding carboxylic acids is 1. The summed E-state index contributed by atoms with van der Waals surface area (Å²) in [5.41, 5.74) is 0.341. The zero-order chi connectivity index (χ0) is 10.0. The normalized spacial score (nSPS) is 30.6. The van der Waals surface area contributed by atoms with Gasteiger partial charge in [-0.2, -0.15) is 0 Å². The van der Waals surface area contributed by atoms with Crippen LogP contribution in [0.5, 0.6) is 0 Å². The summed E-state index contributed by atoms with van der Waals surface area (Å²) in [4.78, 5) is 11.0. The molecular formula is C11H20N2O. The molecule has 1 heterocycles. The maximum Gasteiger partial charge on any atom is 0.220 e. The smallest absolute Gasteiger partial charge is 0.220 e. The first-order chi connectivity index (χ1) is 6.68. The molecule has 0 aromatic rings. The summed E-state index contributed by atoms with van der Waals surface area (Å²) in [6.45, 7) is 3.25. The Labute approximate surface area is 85.6 Å². The van der Waals surface area contributed by atoms with Crippen LogP contribution in [0.4, 0.5) is 0 Å². The molecule has 1 aliphatic heterocycles. The molecule has 0 radical (unpaired) electrons. The van der Waals surface area contributed by atoms with Gasteiger partial charge in [-0.05, 0) is 26.2 Å². The average Bonchev–Trinajstić information content (AvgIpc) is 2.73. The Morgan fingerprint density at radius 3 is 2.79 bits per heavy atom. The quantitative estimate of drug-likeness (QED) is 0.712. The molecule has 1 atom stereocenters. The molecule has 0 bridgehead atoms. The van der Waals surface area contributed by atoms with Crippen molar-refractivity contribution in [1.29, 1.82) is 0 Å². The van der Waals surface area contributed by atoms with E-state index in [1.165, 1.54) is 25.7 Å². The first kappa shape index (κ1) is 9.97. The molecular weight excluding hydrogens is 176 g/mol. The number of carbonyl (C=O) groups is 1. The first-order valence-electron chi connectivity index (χ1n) is 5.72. The third-order valence-electron chi connectivity index (χ3n) is 3.57. The van der Waals surface area contributed by atoms with Crippen molar-refractivity contribution in [2.24, 2.45) is 0 Å². The molecule has 1 unspecified atom stereocenters. The minimum atomic E-state index is 0.216. The fraction of sp³-hybridized carbons (Fsp3) is 0.909. The molecule has 2 rings (SSSR count). The van der Waals surface area contributed by atoms with Crippen molar-refractivity contribution in [2.75, 3.05) is 6.54 Å². The highest BCUT2D eigenvalue weighted by atomic mass is 16.1. The minimum Gasteiger partial charge on any atom is -0.352 e. The Bertz CT molecular complexity index is 221. The SMILES string of the molecule is CC1(NCC2CCC(=O)N2)CCCC1. The van der Waals surface area contributed by atoms with Gasteiger partial charge in [-0.1, -0.05) is 12.8 Å². The maximum atomic E-state index is 11.0. The van der Waals surface area contributed by atoms with E-state index in [0.29, 0.717) is 18.0 Å². The lowest BCUT2D eigenvalue weighted by molar-refractivity contribution is -0.119. The molecule has 3 nitrogen and oxygen atoms in total. The van der Waals surface area contributed by atoms with E-state index in [-0.39, 0.29) is 5.91 Å². The molecule has 14 heavy (non-hydrogen) atoms. The van der Waals surface area contributed by atoms with Crippen LogP contribution < -0.4 is 10.6 Å². The second-order valence-corrected chi connectivity index (χ2v) is 4.95. The number of hydrogen-bond acceptors (Lipinski definition) is 2. The van der Waals surface area contributed by atoms with E-state index in [2.05, 4.69) is 17.6 Å². The van der Waals surface area contributed by atoms with E-state index >= 15 is 0 Å². The highest BCUT2D eigenvalue weighted by Crippen LogP contribution is 2.28. The van der Waals surface area contributed by atoms with Crippen molar-refractivity contribution in [3.8, 4) is 0 Å². The van der Waals surface area contributed by atoms with Crippen LogP contribution in [0.3, 0.4) is 0 Å². The molecule has 80 valence electrons. The Morgan fingerprint density at radius 1 is 1.50 bits per heavy atom. The molecule has 0 aromatic carbocycles. The van der Waals surface area contributed by atoms with Crippen molar-refractivity contribution in [1.82, 2.24) is 10.6 Å². The highest BCUT2D eigenvalue weighted by Gasteiger charge is 2.29. The number of nitrogens with one attached hydrogen (secondary N) is 2. The standard InChI is InChI=1S/C11H20N2O/c1-11(6-2-3-7-11)12-8-9-4-5-10(14)13-9/h9,12H,2-8H2,1H3,(H,13,14). The summed E-state index contributed by atoms with van der Waals surface area (Å²) in [5.74, 6) is 0.216. The van der Waals surface area contributed by atoms with Crippen LogP contribution in [0.15, 0.2) is 0 Å².